The van der Waals surface area contributed by atoms with Gasteiger partial charge in [-0.2, -0.15) is 4.21 Å². The number of aryl methyl sites for hydroxylation is 1. The van der Waals surface area contributed by atoms with Crippen LogP contribution in [0.25, 0.3) is 10.8 Å². The quantitative estimate of drug-likeness (QED) is 0.900. The number of nitrogens with zero attached hydrogens (tertiary/aromatic N) is 1. The van der Waals surface area contributed by atoms with Crippen LogP contribution in [0.2, 0.25) is 0 Å². The molecule has 1 N–H and O–H groups in total. The lowest BCUT2D eigenvalue weighted by molar-refractivity contribution is 0.384. The average Bonchev–Trinajstić information content (AvgIpc) is 2.76. The Balaban J connectivity index is 1.96. The highest BCUT2D eigenvalue weighted by Gasteiger charge is 2.15. The van der Waals surface area contributed by atoms with Gasteiger partial charge in [0.1, 0.15) is 0 Å². The number of oxime groups is 1. The highest BCUT2D eigenvalue weighted by atomic mass is 32.2. The molecule has 18 heavy (non-hydrogen) atoms. The average molecular weight is 260 g/mol. The van der Waals surface area contributed by atoms with E-state index in [2.05, 4.69) is 45.4 Å². The summed E-state index contributed by atoms with van der Waals surface area (Å²) in [6.45, 7) is 2.06. The summed E-state index contributed by atoms with van der Waals surface area (Å²) in [4.78, 5) is 0. The van der Waals surface area contributed by atoms with E-state index >= 15 is 0 Å². The van der Waals surface area contributed by atoms with Crippen LogP contribution in [0, 0.1) is 6.92 Å². The first-order valence-corrected chi connectivity index (χ1v) is 6.71. The SMILES string of the molecule is Cc1cc2ccccc2cc1CC1=NOS(=O)N1. The van der Waals surface area contributed by atoms with Gasteiger partial charge in [0.2, 0.25) is 0 Å². The molecule has 1 aliphatic heterocycles. The van der Waals surface area contributed by atoms with E-state index in [1.165, 1.54) is 16.3 Å². The van der Waals surface area contributed by atoms with Crippen LogP contribution in [-0.4, -0.2) is 10.0 Å². The number of rotatable bonds is 2. The van der Waals surface area contributed by atoms with Gasteiger partial charge in [-0.05, 0) is 28.8 Å². The third-order valence-electron chi connectivity index (χ3n) is 2.98. The Labute approximate surface area is 107 Å². The van der Waals surface area contributed by atoms with E-state index in [0.29, 0.717) is 12.3 Å². The van der Waals surface area contributed by atoms with E-state index < -0.39 is 11.3 Å². The van der Waals surface area contributed by atoms with Crippen LogP contribution in [0.5, 0.6) is 0 Å². The van der Waals surface area contributed by atoms with Crippen molar-refractivity contribution in [3.8, 4) is 0 Å². The molecule has 5 heteroatoms. The maximum absolute atomic E-state index is 11.0. The van der Waals surface area contributed by atoms with E-state index in [9.17, 15) is 4.21 Å². The van der Waals surface area contributed by atoms with Gasteiger partial charge >= 0.3 is 11.3 Å². The van der Waals surface area contributed by atoms with Gasteiger partial charge in [-0.25, -0.2) is 0 Å². The normalized spacial score (nSPS) is 18.3. The second-order valence-corrected chi connectivity index (χ2v) is 5.07. The van der Waals surface area contributed by atoms with Crippen molar-refractivity contribution in [1.29, 1.82) is 0 Å². The molecule has 0 fully saturated rings. The van der Waals surface area contributed by atoms with Crippen LogP contribution in [0.15, 0.2) is 41.6 Å². The molecule has 1 atom stereocenters. The summed E-state index contributed by atoms with van der Waals surface area (Å²) in [7, 11) is 0. The molecule has 0 bridgehead atoms. The maximum Gasteiger partial charge on any atom is 0.338 e. The van der Waals surface area contributed by atoms with Gasteiger partial charge in [0.15, 0.2) is 5.84 Å². The molecule has 0 amide bonds. The molecule has 2 aromatic carbocycles. The molecule has 92 valence electrons. The highest BCUT2D eigenvalue weighted by molar-refractivity contribution is 7.79. The zero-order valence-corrected chi connectivity index (χ0v) is 10.7. The van der Waals surface area contributed by atoms with Gasteiger partial charge in [0.05, 0.1) is 0 Å². The standard InChI is InChI=1S/C13H12N2O2S/c1-9-6-10-4-2-3-5-11(10)7-12(9)8-13-14-17-18(16)15-13/h2-7H,8H2,1H3,(H,14,15). The molecule has 0 aliphatic carbocycles. The zero-order chi connectivity index (χ0) is 12.5. The maximum atomic E-state index is 11.0. The molecule has 0 saturated heterocycles. The Morgan fingerprint density at radius 3 is 2.67 bits per heavy atom. The summed E-state index contributed by atoms with van der Waals surface area (Å²) < 4.78 is 18.3. The van der Waals surface area contributed by atoms with E-state index in [1.54, 1.807) is 0 Å². The molecule has 0 aromatic heterocycles. The van der Waals surface area contributed by atoms with Crippen molar-refractivity contribution in [3.05, 3.63) is 47.5 Å². The monoisotopic (exact) mass is 260 g/mol. The summed E-state index contributed by atoms with van der Waals surface area (Å²) in [5.41, 5.74) is 2.35. The minimum absolute atomic E-state index is 0.600. The van der Waals surface area contributed by atoms with Crippen LogP contribution < -0.4 is 4.72 Å². The zero-order valence-electron chi connectivity index (χ0n) is 9.84. The largest absolute Gasteiger partial charge is 0.338 e. The molecular formula is C13H12N2O2S. The molecule has 3 rings (SSSR count). The third-order valence-corrected chi connectivity index (χ3v) is 3.59. The van der Waals surface area contributed by atoms with Crippen molar-refractivity contribution >= 4 is 27.9 Å². The number of fused-ring (bicyclic) bond motifs is 1. The Morgan fingerprint density at radius 1 is 1.28 bits per heavy atom. The molecule has 0 spiro atoms. The molecule has 2 aromatic rings. The van der Waals surface area contributed by atoms with E-state index in [-0.39, 0.29) is 0 Å². The number of nitrogens with one attached hydrogen (secondary N) is 1. The summed E-state index contributed by atoms with van der Waals surface area (Å²) in [5, 5.41) is 6.15. The third kappa shape index (κ3) is 2.09. The summed E-state index contributed by atoms with van der Waals surface area (Å²) >= 11 is -1.51. The first kappa shape index (κ1) is 11.2. The second-order valence-electron chi connectivity index (χ2n) is 4.25. The van der Waals surface area contributed by atoms with Crippen molar-refractivity contribution in [3.63, 3.8) is 0 Å². The minimum Gasteiger partial charge on any atom is -0.269 e. The minimum atomic E-state index is -1.51. The van der Waals surface area contributed by atoms with Crippen molar-refractivity contribution in [1.82, 2.24) is 4.72 Å². The van der Waals surface area contributed by atoms with Crippen LogP contribution in [0.4, 0.5) is 0 Å². The second kappa shape index (κ2) is 4.42. The lowest BCUT2D eigenvalue weighted by Gasteiger charge is -2.07. The van der Waals surface area contributed by atoms with Gasteiger partial charge < -0.3 is 0 Å². The van der Waals surface area contributed by atoms with Gasteiger partial charge in [0.25, 0.3) is 0 Å². The predicted octanol–water partition coefficient (Wildman–Crippen LogP) is 2.20. The predicted molar refractivity (Wildman–Crippen MR) is 72.2 cm³/mol. The topological polar surface area (TPSA) is 50.7 Å². The van der Waals surface area contributed by atoms with Crippen LogP contribution in [0.1, 0.15) is 11.1 Å². The number of hydrogen-bond donors (Lipinski definition) is 1. The van der Waals surface area contributed by atoms with Crippen molar-refractivity contribution in [2.24, 2.45) is 5.16 Å². The fraction of sp³-hybridized carbons (Fsp3) is 0.154. The van der Waals surface area contributed by atoms with Gasteiger partial charge in [-0.3, -0.25) is 9.01 Å². The number of hydrogen-bond acceptors (Lipinski definition) is 3. The molecule has 4 nitrogen and oxygen atoms in total. The smallest absolute Gasteiger partial charge is 0.269 e. The number of benzene rings is 2. The Hall–Kier alpha value is -1.88. The fourth-order valence-electron chi connectivity index (χ4n) is 2.05. The Kier molecular flexibility index (Phi) is 2.76. The first-order chi connectivity index (χ1) is 8.72. The fourth-order valence-corrected chi connectivity index (χ4v) is 2.55. The van der Waals surface area contributed by atoms with Gasteiger partial charge in [0, 0.05) is 6.42 Å². The van der Waals surface area contributed by atoms with Crippen molar-refractivity contribution in [2.75, 3.05) is 0 Å². The van der Waals surface area contributed by atoms with E-state index in [4.69, 9.17) is 0 Å². The lowest BCUT2D eigenvalue weighted by atomic mass is 9.99. The summed E-state index contributed by atoms with van der Waals surface area (Å²) in [6, 6.07) is 12.5. The highest BCUT2D eigenvalue weighted by Crippen LogP contribution is 2.20. The molecule has 1 heterocycles. The molecule has 0 radical (unpaired) electrons. The summed E-state index contributed by atoms with van der Waals surface area (Å²) in [6.07, 6.45) is 0.600. The van der Waals surface area contributed by atoms with Gasteiger partial charge in [-0.15, -0.1) is 0 Å². The van der Waals surface area contributed by atoms with Crippen molar-refractivity contribution in [2.45, 2.75) is 13.3 Å². The van der Waals surface area contributed by atoms with Crippen LogP contribution >= 0.6 is 0 Å². The van der Waals surface area contributed by atoms with E-state index in [1.807, 2.05) is 12.1 Å². The van der Waals surface area contributed by atoms with Gasteiger partial charge in [-0.1, -0.05) is 41.6 Å². The van der Waals surface area contributed by atoms with Crippen LogP contribution in [0.3, 0.4) is 0 Å². The molecule has 0 saturated carbocycles. The Morgan fingerprint density at radius 2 is 2.00 bits per heavy atom. The lowest BCUT2D eigenvalue weighted by Crippen LogP contribution is -2.21. The number of amidine groups is 1. The first-order valence-electron chi connectivity index (χ1n) is 5.63. The van der Waals surface area contributed by atoms with E-state index in [0.717, 1.165) is 5.56 Å². The molecular weight excluding hydrogens is 248 g/mol. The van der Waals surface area contributed by atoms with Crippen LogP contribution in [-0.2, 0) is 22.0 Å². The molecule has 1 unspecified atom stereocenters. The Bertz CT molecular complexity index is 667. The summed E-state index contributed by atoms with van der Waals surface area (Å²) in [5.74, 6) is 0.603. The molecule has 1 aliphatic rings. The van der Waals surface area contributed by atoms with Crippen molar-refractivity contribution < 1.29 is 8.49 Å².